The van der Waals surface area contributed by atoms with Gasteiger partial charge in [-0.25, -0.2) is 0 Å². The predicted octanol–water partition coefficient (Wildman–Crippen LogP) is 3.58. The number of carbonyl (C=O) groups is 2. The maximum absolute atomic E-state index is 13.6. The molecule has 0 aromatic heterocycles. The molecule has 2 saturated heterocycles. The molecule has 2 aliphatic heterocycles. The second-order valence-corrected chi connectivity index (χ2v) is 9.68. The Hall–Kier alpha value is -1.05. The smallest absolute Gasteiger partial charge is 0.250 e. The molecule has 0 spiro atoms. The SMILES string of the molecule is CCN(CC)CCN(C(=O)C1CSC2(C)CCC(=O)N12)c1cccc(Br)c1. The van der Waals surface area contributed by atoms with Crippen LogP contribution in [0.4, 0.5) is 5.69 Å². The molecule has 1 aromatic carbocycles. The van der Waals surface area contributed by atoms with Gasteiger partial charge in [-0.05, 0) is 44.6 Å². The van der Waals surface area contributed by atoms with Crippen molar-refractivity contribution in [1.29, 1.82) is 0 Å². The number of fused-ring (bicyclic) bond motifs is 1. The van der Waals surface area contributed by atoms with Gasteiger partial charge in [0, 0.05) is 35.4 Å². The Balaban J connectivity index is 1.85. The van der Waals surface area contributed by atoms with Crippen LogP contribution in [0.3, 0.4) is 0 Å². The third-order valence-corrected chi connectivity index (χ3v) is 7.65. The number of thioether (sulfide) groups is 1. The van der Waals surface area contributed by atoms with Gasteiger partial charge in [0.15, 0.2) is 0 Å². The minimum atomic E-state index is -0.370. The van der Waals surface area contributed by atoms with Crippen LogP contribution in [0.1, 0.15) is 33.6 Å². The van der Waals surface area contributed by atoms with E-state index in [1.54, 1.807) is 11.8 Å². The number of carbonyl (C=O) groups excluding carboxylic acids is 2. The average Bonchev–Trinajstić information content (AvgIpc) is 3.14. The quantitative estimate of drug-likeness (QED) is 0.632. The topological polar surface area (TPSA) is 43.9 Å². The fraction of sp³-hybridized carbons (Fsp3) is 0.600. The van der Waals surface area contributed by atoms with Crippen molar-refractivity contribution in [2.24, 2.45) is 0 Å². The molecule has 2 aliphatic rings. The number of hydrogen-bond donors (Lipinski definition) is 0. The molecule has 1 aromatic rings. The van der Waals surface area contributed by atoms with Crippen LogP contribution in [0.15, 0.2) is 28.7 Å². The highest BCUT2D eigenvalue weighted by molar-refractivity contribution is 9.10. The fourth-order valence-corrected chi connectivity index (χ4v) is 5.79. The van der Waals surface area contributed by atoms with E-state index in [-0.39, 0.29) is 22.7 Å². The van der Waals surface area contributed by atoms with Gasteiger partial charge >= 0.3 is 0 Å². The van der Waals surface area contributed by atoms with E-state index in [2.05, 4.69) is 41.6 Å². The van der Waals surface area contributed by atoms with Crippen LogP contribution in [-0.2, 0) is 9.59 Å². The summed E-state index contributed by atoms with van der Waals surface area (Å²) < 4.78 is 0.948. The van der Waals surface area contributed by atoms with Crippen molar-refractivity contribution in [3.8, 4) is 0 Å². The largest absolute Gasteiger partial charge is 0.315 e. The fourth-order valence-electron chi connectivity index (χ4n) is 3.98. The summed E-state index contributed by atoms with van der Waals surface area (Å²) in [5.74, 6) is 0.821. The highest BCUT2D eigenvalue weighted by Gasteiger charge is 2.53. The maximum Gasteiger partial charge on any atom is 0.250 e. The molecule has 7 heteroatoms. The van der Waals surface area contributed by atoms with Crippen molar-refractivity contribution in [2.45, 2.75) is 44.5 Å². The van der Waals surface area contributed by atoms with Crippen LogP contribution < -0.4 is 4.90 Å². The third kappa shape index (κ3) is 4.20. The van der Waals surface area contributed by atoms with Crippen LogP contribution in [0.5, 0.6) is 0 Å². The average molecular weight is 454 g/mol. The van der Waals surface area contributed by atoms with E-state index in [1.165, 1.54) is 0 Å². The second-order valence-electron chi connectivity index (χ2n) is 7.26. The van der Waals surface area contributed by atoms with Gasteiger partial charge in [-0.1, -0.05) is 35.8 Å². The summed E-state index contributed by atoms with van der Waals surface area (Å²) in [6.07, 6.45) is 1.38. The summed E-state index contributed by atoms with van der Waals surface area (Å²) in [4.78, 5) is 31.8. The molecular formula is C20H28BrN3O2S. The van der Waals surface area contributed by atoms with E-state index >= 15 is 0 Å². The van der Waals surface area contributed by atoms with Crippen molar-refractivity contribution < 1.29 is 9.59 Å². The lowest BCUT2D eigenvalue weighted by Gasteiger charge is -2.34. The lowest BCUT2D eigenvalue weighted by atomic mass is 10.1. The first-order chi connectivity index (χ1) is 12.9. The number of likely N-dealkylation sites (N-methyl/N-ethyl adjacent to an activating group) is 1. The first kappa shape index (κ1) is 20.7. The Morgan fingerprint density at radius 1 is 1.33 bits per heavy atom. The Bertz CT molecular complexity index is 712. The Kier molecular flexibility index (Phi) is 6.54. The van der Waals surface area contributed by atoms with E-state index in [9.17, 15) is 9.59 Å². The summed E-state index contributed by atoms with van der Waals surface area (Å²) in [7, 11) is 0. The van der Waals surface area contributed by atoms with Crippen molar-refractivity contribution in [3.63, 3.8) is 0 Å². The Labute approximate surface area is 174 Å². The van der Waals surface area contributed by atoms with E-state index in [0.717, 1.165) is 36.2 Å². The predicted molar refractivity (Wildman–Crippen MR) is 115 cm³/mol. The third-order valence-electron chi connectivity index (χ3n) is 5.65. The molecule has 0 aliphatic carbocycles. The first-order valence-electron chi connectivity index (χ1n) is 9.65. The van der Waals surface area contributed by atoms with Crippen LogP contribution >= 0.6 is 27.7 Å². The number of nitrogens with zero attached hydrogens (tertiary/aromatic N) is 3. The van der Waals surface area contributed by atoms with Gasteiger partial charge in [-0.2, -0.15) is 0 Å². The number of anilines is 1. The van der Waals surface area contributed by atoms with Crippen LogP contribution in [0, 0.1) is 0 Å². The molecule has 27 heavy (non-hydrogen) atoms. The molecule has 5 nitrogen and oxygen atoms in total. The molecule has 2 fully saturated rings. The van der Waals surface area contributed by atoms with E-state index < -0.39 is 0 Å². The van der Waals surface area contributed by atoms with Gasteiger partial charge in [-0.15, -0.1) is 11.8 Å². The zero-order valence-corrected chi connectivity index (χ0v) is 18.7. The minimum absolute atomic E-state index is 0.0340. The van der Waals surface area contributed by atoms with Gasteiger partial charge in [0.1, 0.15) is 6.04 Å². The lowest BCUT2D eigenvalue weighted by molar-refractivity contribution is -0.136. The van der Waals surface area contributed by atoms with Gasteiger partial charge in [-0.3, -0.25) is 9.59 Å². The van der Waals surface area contributed by atoms with Gasteiger partial charge in [0.25, 0.3) is 5.91 Å². The first-order valence-corrected chi connectivity index (χ1v) is 11.4. The van der Waals surface area contributed by atoms with Crippen LogP contribution in [0.2, 0.25) is 0 Å². The minimum Gasteiger partial charge on any atom is -0.315 e. The maximum atomic E-state index is 13.6. The molecular weight excluding hydrogens is 426 g/mol. The number of halogens is 1. The molecule has 3 rings (SSSR count). The molecule has 0 radical (unpaired) electrons. The summed E-state index contributed by atoms with van der Waals surface area (Å²) in [5, 5.41) is 0. The van der Waals surface area contributed by atoms with Gasteiger partial charge in [0.2, 0.25) is 5.91 Å². The van der Waals surface area contributed by atoms with E-state index in [0.29, 0.717) is 18.7 Å². The highest BCUT2D eigenvalue weighted by atomic mass is 79.9. The number of rotatable bonds is 7. The highest BCUT2D eigenvalue weighted by Crippen LogP contribution is 2.47. The summed E-state index contributed by atoms with van der Waals surface area (Å²) in [6, 6.07) is 7.49. The van der Waals surface area contributed by atoms with Crippen LogP contribution in [-0.4, -0.2) is 64.5 Å². The molecule has 0 bridgehead atoms. The molecule has 2 amide bonds. The van der Waals surface area contributed by atoms with E-state index in [1.807, 2.05) is 34.1 Å². The van der Waals surface area contributed by atoms with Crippen molar-refractivity contribution in [2.75, 3.05) is 36.8 Å². The van der Waals surface area contributed by atoms with Crippen LogP contribution in [0.25, 0.3) is 0 Å². The zero-order valence-electron chi connectivity index (χ0n) is 16.3. The van der Waals surface area contributed by atoms with Gasteiger partial charge < -0.3 is 14.7 Å². The van der Waals surface area contributed by atoms with E-state index in [4.69, 9.17) is 0 Å². The standard InChI is InChI=1S/C20H28BrN3O2S/c1-4-22(5-2)11-12-23(16-8-6-7-15(21)13-16)19(26)17-14-27-20(3)10-9-18(25)24(17)20/h6-8,13,17H,4-5,9-12,14H2,1-3H3. The Morgan fingerprint density at radius 2 is 2.07 bits per heavy atom. The molecule has 0 N–H and O–H groups in total. The number of hydrogen-bond acceptors (Lipinski definition) is 4. The Morgan fingerprint density at radius 3 is 2.74 bits per heavy atom. The molecule has 148 valence electrons. The van der Waals surface area contributed by atoms with Crippen molar-refractivity contribution in [1.82, 2.24) is 9.80 Å². The van der Waals surface area contributed by atoms with Crippen molar-refractivity contribution in [3.05, 3.63) is 28.7 Å². The monoisotopic (exact) mass is 453 g/mol. The van der Waals surface area contributed by atoms with Crippen molar-refractivity contribution >= 4 is 45.2 Å². The second kappa shape index (κ2) is 8.53. The van der Waals surface area contributed by atoms with Gasteiger partial charge in [0.05, 0.1) is 4.87 Å². The molecule has 2 unspecified atom stereocenters. The zero-order chi connectivity index (χ0) is 19.6. The molecule has 0 saturated carbocycles. The number of benzene rings is 1. The summed E-state index contributed by atoms with van der Waals surface area (Å²) in [6.45, 7) is 9.72. The number of amides is 2. The normalized spacial score (nSPS) is 24.6. The molecule has 2 heterocycles. The summed E-state index contributed by atoms with van der Waals surface area (Å²) >= 11 is 5.26. The molecule has 2 atom stereocenters. The lowest BCUT2D eigenvalue weighted by Crippen LogP contribution is -2.52. The summed E-state index contributed by atoms with van der Waals surface area (Å²) in [5.41, 5.74) is 0.881.